The molecule has 3 heterocycles. The Hall–Kier alpha value is -1.71. The van der Waals surface area contributed by atoms with Gasteiger partial charge in [0.05, 0.1) is 0 Å². The second-order valence-corrected chi connectivity index (χ2v) is 7.29. The largest absolute Gasteiger partial charge is 0.453 e. The molecule has 2 aromatic rings. The van der Waals surface area contributed by atoms with Crippen molar-refractivity contribution in [2.75, 3.05) is 23.5 Å². The topological polar surface area (TPSA) is 63.4 Å². The van der Waals surface area contributed by atoms with Crippen LogP contribution in [-0.4, -0.2) is 48.4 Å². The van der Waals surface area contributed by atoms with E-state index in [1.165, 1.54) is 0 Å². The third kappa shape index (κ3) is 3.17. The van der Waals surface area contributed by atoms with Gasteiger partial charge >= 0.3 is 6.18 Å². The van der Waals surface area contributed by atoms with E-state index in [9.17, 15) is 17.4 Å². The lowest BCUT2D eigenvalue weighted by molar-refractivity contribution is -0.144. The minimum Gasteiger partial charge on any atom is -0.356 e. The van der Waals surface area contributed by atoms with Gasteiger partial charge in [0.15, 0.2) is 0 Å². The van der Waals surface area contributed by atoms with Gasteiger partial charge in [0.25, 0.3) is 11.6 Å². The number of rotatable bonds is 2. The zero-order chi connectivity index (χ0) is 16.8. The van der Waals surface area contributed by atoms with Gasteiger partial charge in [0.2, 0.25) is 0 Å². The van der Waals surface area contributed by atoms with Crippen LogP contribution in [0, 0.1) is 6.92 Å². The van der Waals surface area contributed by atoms with Gasteiger partial charge in [-0.15, -0.1) is 5.10 Å². The molecule has 0 radical (unpaired) electrons. The Kier molecular flexibility index (Phi) is 4.03. The van der Waals surface area contributed by atoms with Crippen LogP contribution < -0.4 is 4.90 Å². The maximum absolute atomic E-state index is 12.8. The van der Waals surface area contributed by atoms with E-state index in [0.717, 1.165) is 17.4 Å². The van der Waals surface area contributed by atoms with Crippen LogP contribution in [0.5, 0.6) is 0 Å². The van der Waals surface area contributed by atoms with E-state index in [-0.39, 0.29) is 11.8 Å². The Balaban J connectivity index is 2.02. The molecule has 1 aliphatic rings. The van der Waals surface area contributed by atoms with Crippen LogP contribution in [-0.2, 0) is 17.0 Å². The van der Waals surface area contributed by atoms with Crippen molar-refractivity contribution in [2.45, 2.75) is 32.0 Å². The highest BCUT2D eigenvalue weighted by atomic mass is 32.2. The molecule has 10 heteroatoms. The van der Waals surface area contributed by atoms with E-state index in [0.29, 0.717) is 23.0 Å². The monoisotopic (exact) mass is 347 g/mol. The summed E-state index contributed by atoms with van der Waals surface area (Å²) in [7, 11) is 1.01. The van der Waals surface area contributed by atoms with E-state index < -0.39 is 22.8 Å². The number of halogens is 3. The predicted molar refractivity (Wildman–Crippen MR) is 79.8 cm³/mol. The van der Waals surface area contributed by atoms with E-state index >= 15 is 0 Å². The van der Waals surface area contributed by atoms with Crippen LogP contribution in [0.2, 0.25) is 0 Å². The SMILES string of the molecule is Cc1cc(N(C)C2CCS(=O)CC2)n2nc(C(F)(F)F)nc2n1. The maximum atomic E-state index is 12.8. The first-order valence-corrected chi connectivity index (χ1v) is 8.64. The molecule has 6 nitrogen and oxygen atoms in total. The molecule has 1 saturated heterocycles. The van der Waals surface area contributed by atoms with Crippen LogP contribution in [0.1, 0.15) is 24.4 Å². The fourth-order valence-corrected chi connectivity index (χ4v) is 3.97. The molecular formula is C13H16F3N5OS. The first kappa shape index (κ1) is 16.2. The number of aromatic nitrogens is 4. The Morgan fingerprint density at radius 1 is 1.30 bits per heavy atom. The fraction of sp³-hybridized carbons (Fsp3) is 0.615. The molecule has 0 unspecified atom stereocenters. The summed E-state index contributed by atoms with van der Waals surface area (Å²) < 4.78 is 51.1. The molecule has 0 bridgehead atoms. The number of anilines is 1. The van der Waals surface area contributed by atoms with Crippen molar-refractivity contribution in [1.29, 1.82) is 0 Å². The Morgan fingerprint density at radius 3 is 2.57 bits per heavy atom. The highest BCUT2D eigenvalue weighted by Gasteiger charge is 2.37. The van der Waals surface area contributed by atoms with Crippen molar-refractivity contribution in [3.8, 4) is 0 Å². The molecule has 126 valence electrons. The number of alkyl halides is 3. The smallest absolute Gasteiger partial charge is 0.356 e. The quantitative estimate of drug-likeness (QED) is 0.829. The van der Waals surface area contributed by atoms with E-state index in [1.54, 1.807) is 13.0 Å². The molecule has 23 heavy (non-hydrogen) atoms. The number of aryl methyl sites for hydroxylation is 1. The van der Waals surface area contributed by atoms with Gasteiger partial charge in [-0.1, -0.05) is 0 Å². The summed E-state index contributed by atoms with van der Waals surface area (Å²) in [6.07, 6.45) is -3.15. The van der Waals surface area contributed by atoms with Gasteiger partial charge in [-0.05, 0) is 19.8 Å². The maximum Gasteiger partial charge on any atom is 0.453 e. The minimum atomic E-state index is -4.61. The van der Waals surface area contributed by atoms with Gasteiger partial charge in [0, 0.05) is 47.2 Å². The molecule has 0 spiro atoms. The number of fused-ring (bicyclic) bond motifs is 1. The normalized spacial score (nSPS) is 22.5. The standard InChI is InChI=1S/C13H16F3N5OS/c1-8-7-10(20(2)9-3-5-23(22)6-4-9)21-12(17-8)18-11(19-21)13(14,15)16/h7,9H,3-6H2,1-2H3. The predicted octanol–water partition coefficient (Wildman–Crippen LogP) is 1.80. The molecule has 2 aromatic heterocycles. The number of hydrogen-bond acceptors (Lipinski definition) is 5. The average molecular weight is 347 g/mol. The van der Waals surface area contributed by atoms with Crippen molar-refractivity contribution >= 4 is 22.4 Å². The molecule has 0 N–H and O–H groups in total. The summed E-state index contributed by atoms with van der Waals surface area (Å²) in [5.41, 5.74) is 0.569. The summed E-state index contributed by atoms with van der Waals surface area (Å²) in [5, 5.41) is 3.57. The van der Waals surface area contributed by atoms with E-state index in [2.05, 4.69) is 15.1 Å². The summed E-state index contributed by atoms with van der Waals surface area (Å²) in [6.45, 7) is 1.70. The van der Waals surface area contributed by atoms with Crippen molar-refractivity contribution in [2.24, 2.45) is 0 Å². The lowest BCUT2D eigenvalue weighted by atomic mass is 10.1. The molecule has 3 rings (SSSR count). The number of nitrogens with zero attached hydrogens (tertiary/aromatic N) is 5. The van der Waals surface area contributed by atoms with Crippen LogP contribution in [0.3, 0.4) is 0 Å². The van der Waals surface area contributed by atoms with E-state index in [1.807, 2.05) is 11.9 Å². The van der Waals surface area contributed by atoms with E-state index in [4.69, 9.17) is 0 Å². The van der Waals surface area contributed by atoms with Gasteiger partial charge < -0.3 is 4.90 Å². The summed E-state index contributed by atoms with van der Waals surface area (Å²) >= 11 is 0. The van der Waals surface area contributed by atoms with Crippen molar-refractivity contribution in [3.63, 3.8) is 0 Å². The zero-order valence-electron chi connectivity index (χ0n) is 12.7. The van der Waals surface area contributed by atoms with Gasteiger partial charge in [-0.3, -0.25) is 4.21 Å². The minimum absolute atomic E-state index is 0.0708. The molecule has 0 aromatic carbocycles. The molecule has 1 aliphatic heterocycles. The van der Waals surface area contributed by atoms with Crippen molar-refractivity contribution < 1.29 is 17.4 Å². The summed E-state index contributed by atoms with van der Waals surface area (Å²) in [4.78, 5) is 9.39. The average Bonchev–Trinajstić information content (AvgIpc) is 2.90. The van der Waals surface area contributed by atoms with Crippen LogP contribution >= 0.6 is 0 Å². The van der Waals surface area contributed by atoms with Crippen LogP contribution in [0.25, 0.3) is 5.78 Å². The Morgan fingerprint density at radius 2 is 1.96 bits per heavy atom. The molecule has 0 aliphatic carbocycles. The Bertz CT molecular complexity index is 750. The molecule has 0 amide bonds. The first-order chi connectivity index (χ1) is 10.8. The summed E-state index contributed by atoms with van der Waals surface area (Å²) in [5.74, 6) is 0.447. The third-order valence-electron chi connectivity index (χ3n) is 3.94. The van der Waals surface area contributed by atoms with Crippen LogP contribution in [0.4, 0.5) is 19.0 Å². The highest BCUT2D eigenvalue weighted by Crippen LogP contribution is 2.28. The fourth-order valence-electron chi connectivity index (χ4n) is 2.69. The zero-order valence-corrected chi connectivity index (χ0v) is 13.5. The lowest BCUT2D eigenvalue weighted by Crippen LogP contribution is -2.38. The van der Waals surface area contributed by atoms with Gasteiger partial charge in [-0.25, -0.2) is 4.98 Å². The van der Waals surface area contributed by atoms with Crippen molar-refractivity contribution in [1.82, 2.24) is 19.6 Å². The van der Waals surface area contributed by atoms with Crippen molar-refractivity contribution in [3.05, 3.63) is 17.6 Å². The van der Waals surface area contributed by atoms with Gasteiger partial charge in [0.1, 0.15) is 5.82 Å². The first-order valence-electron chi connectivity index (χ1n) is 7.15. The van der Waals surface area contributed by atoms with Crippen LogP contribution in [0.15, 0.2) is 6.07 Å². The second kappa shape index (κ2) is 5.73. The summed E-state index contributed by atoms with van der Waals surface area (Å²) in [6, 6.07) is 1.80. The molecule has 0 atom stereocenters. The number of hydrogen-bond donors (Lipinski definition) is 0. The Labute approximate surface area is 133 Å². The molecule has 1 fully saturated rings. The van der Waals surface area contributed by atoms with Gasteiger partial charge in [-0.2, -0.15) is 22.7 Å². The molecular weight excluding hydrogens is 331 g/mol. The lowest BCUT2D eigenvalue weighted by Gasteiger charge is -2.32. The third-order valence-corrected chi connectivity index (χ3v) is 5.32. The second-order valence-electron chi connectivity index (χ2n) is 5.59. The molecule has 0 saturated carbocycles. The highest BCUT2D eigenvalue weighted by molar-refractivity contribution is 7.85.